The second-order valence-electron chi connectivity index (χ2n) is 21.7. The highest BCUT2D eigenvalue weighted by Gasteiger charge is 2.48. The molecular weight excluding hydrogens is 1050 g/mol. The van der Waals surface area contributed by atoms with Crippen molar-refractivity contribution in [2.24, 2.45) is 5.92 Å². The second kappa shape index (κ2) is 38.3. The summed E-state index contributed by atoms with van der Waals surface area (Å²) in [6.07, 6.45) is 44.4. The number of unbranched alkanes of at least 4 members (excludes halogenated alkanes) is 26. The summed E-state index contributed by atoms with van der Waals surface area (Å²) < 4.78 is 54.0. The molecule has 2 fully saturated rings. The Morgan fingerprint density at radius 3 is 1.26 bits per heavy atom. The highest BCUT2D eigenvalue weighted by Crippen LogP contribution is 2.44. The number of fused-ring (bicyclic) bond motifs is 2. The number of aromatic nitrogens is 8. The minimum Gasteiger partial charge on any atom is -0.449 e. The van der Waals surface area contributed by atoms with Crippen LogP contribution in [0.25, 0.3) is 22.3 Å². The molecule has 0 radical (unpaired) electrons. The molecule has 0 spiro atoms. The Bertz CT molecular complexity index is 2380. The van der Waals surface area contributed by atoms with Gasteiger partial charge in [0.05, 0.1) is 32.5 Å². The first-order valence-corrected chi connectivity index (χ1v) is 30.2. The number of rotatable bonds is 36. The summed E-state index contributed by atoms with van der Waals surface area (Å²) in [5, 5.41) is 24.9. The van der Waals surface area contributed by atoms with E-state index in [9.17, 15) is 28.6 Å². The number of aliphatic hydroxyl groups is 2. The van der Waals surface area contributed by atoms with Gasteiger partial charge in [-0.05, 0) is 25.7 Å². The summed E-state index contributed by atoms with van der Waals surface area (Å²) >= 11 is 0. The van der Waals surface area contributed by atoms with Crippen molar-refractivity contribution in [1.29, 1.82) is 0 Å². The Morgan fingerprint density at radius 1 is 0.598 bits per heavy atom. The van der Waals surface area contributed by atoms with Crippen LogP contribution in [0.1, 0.15) is 254 Å². The fraction of sp³-hybridized carbons (Fsp3) is 0.742. The lowest BCUT2D eigenvalue weighted by Gasteiger charge is -2.25. The summed E-state index contributed by atoms with van der Waals surface area (Å²) in [5.41, 5.74) is -1.61. The second-order valence-corrected chi connectivity index (χ2v) is 21.7. The van der Waals surface area contributed by atoms with Crippen LogP contribution in [-0.2, 0) is 18.9 Å². The molecule has 4 aromatic rings. The molecule has 18 nitrogen and oxygen atoms in total. The van der Waals surface area contributed by atoms with Crippen LogP contribution in [0.4, 0.5) is 30.0 Å². The van der Waals surface area contributed by atoms with Gasteiger partial charge in [-0.25, -0.2) is 19.6 Å². The van der Waals surface area contributed by atoms with Gasteiger partial charge in [-0.2, -0.15) is 28.7 Å². The van der Waals surface area contributed by atoms with Crippen LogP contribution in [0, 0.1) is 42.8 Å². The molecule has 0 unspecified atom stereocenters. The van der Waals surface area contributed by atoms with Crippen molar-refractivity contribution in [3.8, 4) is 24.7 Å². The van der Waals surface area contributed by atoms with Gasteiger partial charge in [-0.15, -0.1) is 12.8 Å². The third-order valence-electron chi connectivity index (χ3n) is 15.6. The molecule has 0 aliphatic carbocycles. The van der Waals surface area contributed by atoms with Crippen molar-refractivity contribution in [1.82, 2.24) is 39.0 Å². The molecule has 82 heavy (non-hydrogen) atoms. The average molecular weight is 1150 g/mol. The van der Waals surface area contributed by atoms with Crippen LogP contribution < -0.4 is 10.6 Å². The van der Waals surface area contributed by atoms with Gasteiger partial charge >= 0.3 is 24.3 Å². The molecule has 2 aliphatic rings. The van der Waals surface area contributed by atoms with Crippen molar-refractivity contribution in [3.05, 3.63) is 24.8 Å². The van der Waals surface area contributed by atoms with Gasteiger partial charge < -0.3 is 29.2 Å². The number of ether oxygens (including phenoxy) is 4. The number of amides is 2. The maximum Gasteiger partial charge on any atom is 0.412 e. The first kappa shape index (κ1) is 70.7. The van der Waals surface area contributed by atoms with Crippen LogP contribution in [0.15, 0.2) is 12.7 Å². The lowest BCUT2D eigenvalue weighted by Crippen LogP contribution is -2.41. The van der Waals surface area contributed by atoms with Gasteiger partial charge in [-0.3, -0.25) is 19.8 Å². The maximum absolute atomic E-state index is 14.3. The summed E-state index contributed by atoms with van der Waals surface area (Å²) in [7, 11) is 0. The normalized spacial score (nSPS) is 20.1. The Balaban J connectivity index is 0.000000420. The maximum atomic E-state index is 14.3. The van der Waals surface area contributed by atoms with Gasteiger partial charge in [0.1, 0.15) is 24.2 Å². The van der Waals surface area contributed by atoms with E-state index < -0.39 is 60.7 Å². The molecule has 0 aromatic carbocycles. The predicted molar refractivity (Wildman–Crippen MR) is 320 cm³/mol. The number of halogens is 2. The van der Waals surface area contributed by atoms with Crippen LogP contribution >= 0.6 is 0 Å². The van der Waals surface area contributed by atoms with E-state index in [0.717, 1.165) is 38.5 Å². The molecule has 0 saturated carbocycles. The van der Waals surface area contributed by atoms with E-state index in [4.69, 9.17) is 31.8 Å². The van der Waals surface area contributed by atoms with Gasteiger partial charge in [0.25, 0.3) is 0 Å². The predicted octanol–water partition coefficient (Wildman–Crippen LogP) is 15.2. The average Bonchev–Trinajstić information content (AvgIpc) is 4.32. The SMILES string of the molecule is C.C.C#C[C@]1(CC)O[C@@H](n2cnc3c(NC(=O)OCCCCCCCCCCCCCCCC)nc(F)nc32)C[C@@H]1C.C#C[C@]1(CO)O[C@@H](n2cnc3c(NC(=O)OCCCCCCCCCCCCCCCC)nc(F)nc32)C[C@@H]1O. The first-order valence-electron chi connectivity index (χ1n) is 30.2. The number of nitrogens with zero attached hydrogens (tertiary/aromatic N) is 8. The van der Waals surface area contributed by atoms with Gasteiger partial charge in [-0.1, -0.05) is 221 Å². The number of imidazole rings is 2. The van der Waals surface area contributed by atoms with Crippen molar-refractivity contribution in [3.63, 3.8) is 0 Å². The first-order chi connectivity index (χ1) is 38.9. The molecule has 6 rings (SSSR count). The van der Waals surface area contributed by atoms with Crippen LogP contribution in [-0.4, -0.2) is 98.6 Å². The van der Waals surface area contributed by atoms with E-state index in [1.807, 2.05) is 13.8 Å². The fourth-order valence-corrected chi connectivity index (χ4v) is 10.6. The summed E-state index contributed by atoms with van der Waals surface area (Å²) in [4.78, 5) is 48.3. The zero-order valence-electron chi connectivity index (χ0n) is 48.3. The van der Waals surface area contributed by atoms with Crippen LogP contribution in [0.2, 0.25) is 0 Å². The van der Waals surface area contributed by atoms with Crippen molar-refractivity contribution >= 4 is 46.1 Å². The standard InChI is InChI=1S/C31H48FN5O3.C29H44FN5O5.2CH4/c1-5-8-9-10-11-12-13-14-15-16-17-18-19-20-21-39-30(38)35-27-26-28(36-29(32)34-27)37(23-33-26)25-22-24(4)31(6-2,7-3)40-25;1-3-5-6-7-8-9-10-11-12-13-14-15-16-17-18-39-28(38)33-25-24-26(34-27(30)32-25)35(21-31-24)23-19-22(37)29(4-2,20-36)40-23;;/h2,23-25H,5,7-22H2,1,3-4H3,(H,34,35,36,38);2,21-23,36-37H,3,5-20H2,1H3,(H,32,33,34,38);2*1H4/t24-,25+,31+;22-,23+,29+;;/m00../s1. The van der Waals surface area contributed by atoms with Crippen molar-refractivity contribution < 1.29 is 47.5 Å². The zero-order chi connectivity index (χ0) is 57.6. The molecule has 4 N–H and O–H groups in total. The number of nitrogens with one attached hydrogen (secondary N) is 2. The lowest BCUT2D eigenvalue weighted by atomic mass is 9.87. The largest absolute Gasteiger partial charge is 0.449 e. The number of aliphatic hydroxyl groups excluding tert-OH is 2. The van der Waals surface area contributed by atoms with E-state index in [2.05, 4.69) is 66.2 Å². The van der Waals surface area contributed by atoms with Crippen molar-refractivity contribution in [2.45, 2.75) is 271 Å². The molecule has 2 amide bonds. The highest BCUT2D eigenvalue weighted by molar-refractivity contribution is 5.94. The number of carbonyl (C=O) groups excluding carboxylic acids is 2. The Hall–Kier alpha value is -5.54. The van der Waals surface area contributed by atoms with Gasteiger partial charge in [0.2, 0.25) is 0 Å². The van der Waals surface area contributed by atoms with E-state index in [1.165, 1.54) is 158 Å². The number of terminal acetylenes is 2. The molecular formula is C62H100F2N10O8. The Kier molecular flexibility index (Phi) is 33.1. The minimum absolute atomic E-state index is 0. The summed E-state index contributed by atoms with van der Waals surface area (Å²) in [6.45, 7) is 8.49. The van der Waals surface area contributed by atoms with Crippen LogP contribution in [0.5, 0.6) is 0 Å². The Labute approximate surface area is 488 Å². The Morgan fingerprint density at radius 2 is 0.939 bits per heavy atom. The van der Waals surface area contributed by atoms with Gasteiger partial charge in [0.15, 0.2) is 39.6 Å². The smallest absolute Gasteiger partial charge is 0.412 e. The monoisotopic (exact) mass is 1150 g/mol. The summed E-state index contributed by atoms with van der Waals surface area (Å²) in [6, 6.07) is 0. The molecule has 6 heterocycles. The molecule has 2 aliphatic heterocycles. The van der Waals surface area contributed by atoms with E-state index >= 15 is 0 Å². The van der Waals surface area contributed by atoms with E-state index in [1.54, 1.807) is 4.57 Å². The molecule has 20 heteroatoms. The minimum atomic E-state index is -1.58. The molecule has 460 valence electrons. The number of hydrogen-bond acceptors (Lipinski definition) is 14. The van der Waals surface area contributed by atoms with Crippen molar-refractivity contribution in [2.75, 3.05) is 30.5 Å². The molecule has 0 bridgehead atoms. The quantitative estimate of drug-likeness (QED) is 0.0189. The molecule has 6 atom stereocenters. The summed E-state index contributed by atoms with van der Waals surface area (Å²) in [5.74, 6) is 5.00. The molecule has 4 aromatic heterocycles. The van der Waals surface area contributed by atoms with E-state index in [-0.39, 0.29) is 67.8 Å². The lowest BCUT2D eigenvalue weighted by molar-refractivity contribution is -0.0891. The zero-order valence-corrected chi connectivity index (χ0v) is 48.3. The third-order valence-corrected chi connectivity index (χ3v) is 15.6. The number of anilines is 2. The van der Waals surface area contributed by atoms with Crippen LogP contribution in [0.3, 0.4) is 0 Å². The number of hydrogen-bond donors (Lipinski definition) is 4. The molecule has 2 saturated heterocycles. The topological polar surface area (TPSA) is 223 Å². The third kappa shape index (κ3) is 21.6. The van der Waals surface area contributed by atoms with Gasteiger partial charge in [0, 0.05) is 12.3 Å². The fourth-order valence-electron chi connectivity index (χ4n) is 10.6. The number of carbonyl (C=O) groups is 2. The highest BCUT2D eigenvalue weighted by atomic mass is 19.1. The van der Waals surface area contributed by atoms with E-state index in [0.29, 0.717) is 19.4 Å².